The Morgan fingerprint density at radius 3 is 2.40 bits per heavy atom. The van der Waals surface area contributed by atoms with Gasteiger partial charge in [0, 0.05) is 37.3 Å². The number of hydrogen-bond donors (Lipinski definition) is 1. The third-order valence-corrected chi connectivity index (χ3v) is 6.57. The van der Waals surface area contributed by atoms with Crippen molar-refractivity contribution in [1.82, 2.24) is 9.80 Å². The van der Waals surface area contributed by atoms with E-state index in [1.807, 2.05) is 19.1 Å². The second-order valence-corrected chi connectivity index (χ2v) is 8.75. The number of aliphatic hydroxyl groups is 1. The number of aliphatic hydroxyl groups excluding tert-OH is 1. The fourth-order valence-electron chi connectivity index (χ4n) is 4.72. The van der Waals surface area contributed by atoms with Gasteiger partial charge in [-0.2, -0.15) is 0 Å². The normalized spacial score (nSPS) is 20.3. The van der Waals surface area contributed by atoms with Gasteiger partial charge in [-0.05, 0) is 19.4 Å². The van der Waals surface area contributed by atoms with Crippen molar-refractivity contribution in [3.8, 4) is 11.5 Å². The minimum Gasteiger partial charge on any atom is -0.507 e. The zero-order valence-corrected chi connectivity index (χ0v) is 20.5. The summed E-state index contributed by atoms with van der Waals surface area (Å²) in [4.78, 5) is 30.4. The molecule has 2 saturated heterocycles. The first-order valence-electron chi connectivity index (χ1n) is 11.8. The molecule has 0 saturated carbocycles. The predicted molar refractivity (Wildman–Crippen MR) is 132 cm³/mol. The van der Waals surface area contributed by atoms with E-state index < -0.39 is 17.7 Å². The monoisotopic (exact) mass is 480 g/mol. The zero-order chi connectivity index (χ0) is 24.9. The number of methoxy groups -OCH3 is 2. The first-order valence-corrected chi connectivity index (χ1v) is 11.8. The van der Waals surface area contributed by atoms with Crippen molar-refractivity contribution >= 4 is 17.4 Å². The predicted octanol–water partition coefficient (Wildman–Crippen LogP) is 3.16. The SMILES string of the molecule is COc1cccc([C@H]2/C(=C(\O)c3ccc(C)cc3)C(=O)C(=O)N2CCCN2CCOCC2)c1OC. The number of hydrogen-bond acceptors (Lipinski definition) is 7. The van der Waals surface area contributed by atoms with Gasteiger partial charge in [0.1, 0.15) is 5.76 Å². The second kappa shape index (κ2) is 10.9. The maximum absolute atomic E-state index is 13.3. The van der Waals surface area contributed by atoms with Gasteiger partial charge < -0.3 is 24.2 Å². The molecule has 186 valence electrons. The lowest BCUT2D eigenvalue weighted by atomic mass is 9.94. The number of Topliss-reactive ketones (excluding diaryl/α,β-unsaturated/α-hetero) is 1. The van der Waals surface area contributed by atoms with Crippen LogP contribution >= 0.6 is 0 Å². The van der Waals surface area contributed by atoms with Crippen LogP contribution in [0.25, 0.3) is 5.76 Å². The molecule has 2 aliphatic rings. The Kier molecular flexibility index (Phi) is 7.73. The second-order valence-electron chi connectivity index (χ2n) is 8.75. The number of carbonyl (C=O) groups is 2. The average molecular weight is 481 g/mol. The number of ether oxygens (including phenoxy) is 3. The standard InChI is InChI=1S/C27H32N2O6/c1-18-8-10-19(11-9-18)24(30)22-23(20-6-4-7-21(33-2)26(20)34-3)29(27(32)25(22)31)13-5-12-28-14-16-35-17-15-28/h4,6-11,23,30H,5,12-17H2,1-3H3/b24-22+/t23-/m0/s1. The van der Waals surface area contributed by atoms with E-state index in [1.54, 1.807) is 35.2 Å². The van der Waals surface area contributed by atoms with Gasteiger partial charge in [0.15, 0.2) is 11.5 Å². The van der Waals surface area contributed by atoms with E-state index in [1.165, 1.54) is 14.2 Å². The van der Waals surface area contributed by atoms with Crippen molar-refractivity contribution in [3.63, 3.8) is 0 Å². The van der Waals surface area contributed by atoms with Gasteiger partial charge in [0.05, 0.1) is 39.0 Å². The van der Waals surface area contributed by atoms with Crippen LogP contribution in [-0.4, -0.2) is 80.2 Å². The molecule has 2 aliphatic heterocycles. The third-order valence-electron chi connectivity index (χ3n) is 6.57. The number of carbonyl (C=O) groups excluding carboxylic acids is 2. The Hall–Kier alpha value is -3.36. The molecule has 2 heterocycles. The molecule has 2 fully saturated rings. The molecule has 8 nitrogen and oxygen atoms in total. The van der Waals surface area contributed by atoms with Crippen LogP contribution in [0.4, 0.5) is 0 Å². The number of rotatable bonds is 8. The van der Waals surface area contributed by atoms with Crippen LogP contribution in [-0.2, 0) is 14.3 Å². The van der Waals surface area contributed by atoms with Crippen molar-refractivity contribution < 1.29 is 28.9 Å². The highest BCUT2D eigenvalue weighted by Gasteiger charge is 2.47. The van der Waals surface area contributed by atoms with Gasteiger partial charge >= 0.3 is 0 Å². The molecule has 1 N–H and O–H groups in total. The first kappa shape index (κ1) is 24.8. The fourth-order valence-corrected chi connectivity index (χ4v) is 4.72. The molecular formula is C27H32N2O6. The Morgan fingerprint density at radius 2 is 1.74 bits per heavy atom. The Balaban J connectivity index is 1.75. The number of amides is 1. The molecule has 8 heteroatoms. The summed E-state index contributed by atoms with van der Waals surface area (Å²) in [5.41, 5.74) is 2.15. The van der Waals surface area contributed by atoms with Gasteiger partial charge in [-0.15, -0.1) is 0 Å². The molecule has 4 rings (SSSR count). The summed E-state index contributed by atoms with van der Waals surface area (Å²) >= 11 is 0. The van der Waals surface area contributed by atoms with Crippen LogP contribution in [0.15, 0.2) is 48.0 Å². The molecule has 0 spiro atoms. The van der Waals surface area contributed by atoms with Crippen LogP contribution < -0.4 is 9.47 Å². The quantitative estimate of drug-likeness (QED) is 0.353. The van der Waals surface area contributed by atoms with Crippen molar-refractivity contribution in [3.05, 3.63) is 64.7 Å². The highest BCUT2D eigenvalue weighted by atomic mass is 16.5. The molecule has 2 aromatic carbocycles. The fraction of sp³-hybridized carbons (Fsp3) is 0.407. The van der Waals surface area contributed by atoms with Crippen molar-refractivity contribution in [2.45, 2.75) is 19.4 Å². The Morgan fingerprint density at radius 1 is 1.03 bits per heavy atom. The number of likely N-dealkylation sites (tertiary alicyclic amines) is 1. The van der Waals surface area contributed by atoms with E-state index >= 15 is 0 Å². The van der Waals surface area contributed by atoms with E-state index in [0.717, 1.165) is 25.2 Å². The summed E-state index contributed by atoms with van der Waals surface area (Å²) in [7, 11) is 3.05. The summed E-state index contributed by atoms with van der Waals surface area (Å²) < 4.78 is 16.5. The lowest BCUT2D eigenvalue weighted by molar-refractivity contribution is -0.140. The Bertz CT molecular complexity index is 1110. The zero-order valence-electron chi connectivity index (χ0n) is 20.5. The van der Waals surface area contributed by atoms with Crippen LogP contribution in [0.5, 0.6) is 11.5 Å². The van der Waals surface area contributed by atoms with E-state index in [-0.39, 0.29) is 11.3 Å². The molecule has 0 unspecified atom stereocenters. The maximum Gasteiger partial charge on any atom is 0.295 e. The van der Waals surface area contributed by atoms with Crippen LogP contribution in [0, 0.1) is 6.92 Å². The smallest absolute Gasteiger partial charge is 0.295 e. The van der Waals surface area contributed by atoms with Crippen LogP contribution in [0.3, 0.4) is 0 Å². The highest BCUT2D eigenvalue weighted by Crippen LogP contribution is 2.45. The van der Waals surface area contributed by atoms with Gasteiger partial charge in [-0.1, -0.05) is 42.0 Å². The minimum absolute atomic E-state index is 0.0526. The van der Waals surface area contributed by atoms with E-state index in [0.29, 0.717) is 48.8 Å². The molecule has 35 heavy (non-hydrogen) atoms. The molecule has 0 radical (unpaired) electrons. The molecule has 1 atom stereocenters. The maximum atomic E-state index is 13.3. The number of para-hydroxylation sites is 1. The summed E-state index contributed by atoms with van der Waals surface area (Å²) in [6.45, 7) is 6.17. The van der Waals surface area contributed by atoms with Crippen molar-refractivity contribution in [2.75, 3.05) is 53.6 Å². The van der Waals surface area contributed by atoms with Crippen molar-refractivity contribution in [2.24, 2.45) is 0 Å². The van der Waals surface area contributed by atoms with E-state index in [9.17, 15) is 14.7 Å². The molecule has 0 aliphatic carbocycles. The molecule has 0 bridgehead atoms. The number of nitrogens with zero attached hydrogens (tertiary/aromatic N) is 2. The molecule has 0 aromatic heterocycles. The summed E-state index contributed by atoms with van der Waals surface area (Å²) in [5.74, 6) is -0.622. The number of ketones is 1. The lowest BCUT2D eigenvalue weighted by Gasteiger charge is -2.30. The van der Waals surface area contributed by atoms with Crippen LogP contribution in [0.1, 0.15) is 29.2 Å². The lowest BCUT2D eigenvalue weighted by Crippen LogP contribution is -2.39. The van der Waals surface area contributed by atoms with E-state index in [4.69, 9.17) is 14.2 Å². The largest absolute Gasteiger partial charge is 0.507 e. The molecule has 2 aromatic rings. The van der Waals surface area contributed by atoms with Gasteiger partial charge in [-0.3, -0.25) is 14.5 Å². The number of benzene rings is 2. The van der Waals surface area contributed by atoms with Gasteiger partial charge in [-0.25, -0.2) is 0 Å². The molecular weight excluding hydrogens is 448 g/mol. The van der Waals surface area contributed by atoms with Gasteiger partial charge in [0.2, 0.25) is 0 Å². The highest BCUT2D eigenvalue weighted by molar-refractivity contribution is 6.46. The van der Waals surface area contributed by atoms with E-state index in [2.05, 4.69) is 4.90 Å². The number of morpholine rings is 1. The number of aryl methyl sites for hydroxylation is 1. The summed E-state index contributed by atoms with van der Waals surface area (Å²) in [5, 5.41) is 11.3. The van der Waals surface area contributed by atoms with Gasteiger partial charge in [0.25, 0.3) is 11.7 Å². The molecule has 1 amide bonds. The topological polar surface area (TPSA) is 88.5 Å². The summed E-state index contributed by atoms with van der Waals surface area (Å²) in [6.07, 6.45) is 0.681. The average Bonchev–Trinajstić information content (AvgIpc) is 3.13. The first-order chi connectivity index (χ1) is 17.0. The Labute approximate surface area is 205 Å². The van der Waals surface area contributed by atoms with Crippen LogP contribution in [0.2, 0.25) is 0 Å². The third kappa shape index (κ3) is 5.04. The summed E-state index contributed by atoms with van der Waals surface area (Å²) in [6, 6.07) is 11.8. The van der Waals surface area contributed by atoms with Crippen molar-refractivity contribution in [1.29, 1.82) is 0 Å². The minimum atomic E-state index is -0.800.